The van der Waals surface area contributed by atoms with E-state index in [2.05, 4.69) is 48.6 Å². The lowest BCUT2D eigenvalue weighted by molar-refractivity contribution is -0.127. The monoisotopic (exact) mass is 337 g/mol. The van der Waals surface area contributed by atoms with Gasteiger partial charge in [-0.1, -0.05) is 35.9 Å². The standard InChI is InChI=1S/C22H27NO2/c1-15-8-10-18(11-9-15)16(2)23-22(24)17(3)25-21-13-12-19-6-4-5-7-20(19)14-21/h8-14,16-17H,4-7H2,1-3H3,(H,23,24). The Morgan fingerprint density at radius 1 is 1.00 bits per heavy atom. The van der Waals surface area contributed by atoms with Gasteiger partial charge in [0.05, 0.1) is 6.04 Å². The van der Waals surface area contributed by atoms with E-state index in [1.165, 1.54) is 29.5 Å². The molecule has 0 bridgehead atoms. The van der Waals surface area contributed by atoms with Gasteiger partial charge in [0.2, 0.25) is 0 Å². The number of nitrogens with one attached hydrogen (secondary N) is 1. The van der Waals surface area contributed by atoms with Crippen LogP contribution in [0.25, 0.3) is 0 Å². The maximum Gasteiger partial charge on any atom is 0.261 e. The zero-order valence-electron chi connectivity index (χ0n) is 15.3. The van der Waals surface area contributed by atoms with Gasteiger partial charge in [-0.15, -0.1) is 0 Å². The number of amides is 1. The quantitative estimate of drug-likeness (QED) is 0.871. The first-order chi connectivity index (χ1) is 12.0. The third-order valence-corrected chi connectivity index (χ3v) is 4.94. The van der Waals surface area contributed by atoms with Crippen LogP contribution in [-0.4, -0.2) is 12.0 Å². The Morgan fingerprint density at radius 2 is 1.68 bits per heavy atom. The Bertz CT molecular complexity index is 736. The van der Waals surface area contributed by atoms with Crippen LogP contribution in [0.5, 0.6) is 5.75 Å². The minimum absolute atomic E-state index is 0.0392. The molecule has 0 fully saturated rings. The zero-order chi connectivity index (χ0) is 17.8. The lowest BCUT2D eigenvalue weighted by Crippen LogP contribution is -2.37. The summed E-state index contributed by atoms with van der Waals surface area (Å²) in [5.41, 5.74) is 5.10. The van der Waals surface area contributed by atoms with Crippen LogP contribution in [0, 0.1) is 6.92 Å². The molecule has 2 aromatic rings. The zero-order valence-corrected chi connectivity index (χ0v) is 15.3. The van der Waals surface area contributed by atoms with Crippen molar-refractivity contribution < 1.29 is 9.53 Å². The summed E-state index contributed by atoms with van der Waals surface area (Å²) in [6.07, 6.45) is 4.25. The second-order valence-electron chi connectivity index (χ2n) is 7.04. The topological polar surface area (TPSA) is 38.3 Å². The molecule has 0 heterocycles. The predicted molar refractivity (Wildman–Crippen MR) is 101 cm³/mol. The van der Waals surface area contributed by atoms with Gasteiger partial charge in [0.1, 0.15) is 5.75 Å². The highest BCUT2D eigenvalue weighted by atomic mass is 16.5. The molecule has 0 saturated heterocycles. The molecular weight excluding hydrogens is 310 g/mol. The number of carbonyl (C=O) groups is 1. The number of benzene rings is 2. The van der Waals surface area contributed by atoms with Crippen molar-refractivity contribution in [1.29, 1.82) is 0 Å². The molecule has 2 atom stereocenters. The van der Waals surface area contributed by atoms with Gasteiger partial charge >= 0.3 is 0 Å². The Kier molecular flexibility index (Phi) is 5.42. The summed E-state index contributed by atoms with van der Waals surface area (Å²) < 4.78 is 5.89. The first kappa shape index (κ1) is 17.5. The molecule has 0 saturated carbocycles. The number of hydrogen-bond donors (Lipinski definition) is 1. The van der Waals surface area contributed by atoms with Crippen LogP contribution in [0.1, 0.15) is 55.0 Å². The molecular formula is C22H27NO2. The third kappa shape index (κ3) is 4.41. The maximum atomic E-state index is 12.5. The molecule has 1 N–H and O–H groups in total. The fourth-order valence-corrected chi connectivity index (χ4v) is 3.31. The molecule has 3 rings (SSSR count). The molecule has 0 spiro atoms. The van der Waals surface area contributed by atoms with Gasteiger partial charge in [-0.05, 0) is 75.3 Å². The number of rotatable bonds is 5. The van der Waals surface area contributed by atoms with E-state index in [1.807, 2.05) is 13.0 Å². The van der Waals surface area contributed by atoms with Crippen molar-refractivity contribution in [2.75, 3.05) is 0 Å². The summed E-state index contributed by atoms with van der Waals surface area (Å²) in [5.74, 6) is 0.692. The van der Waals surface area contributed by atoms with Crippen molar-refractivity contribution in [2.24, 2.45) is 0 Å². The molecule has 1 aliphatic carbocycles. The van der Waals surface area contributed by atoms with E-state index >= 15 is 0 Å². The van der Waals surface area contributed by atoms with Gasteiger partial charge in [-0.3, -0.25) is 4.79 Å². The second kappa shape index (κ2) is 7.73. The van der Waals surface area contributed by atoms with Gasteiger partial charge in [0, 0.05) is 0 Å². The summed E-state index contributed by atoms with van der Waals surface area (Å²) in [4.78, 5) is 12.5. The Hall–Kier alpha value is -2.29. The van der Waals surface area contributed by atoms with Crippen molar-refractivity contribution in [1.82, 2.24) is 5.32 Å². The van der Waals surface area contributed by atoms with Gasteiger partial charge in [0.15, 0.2) is 6.10 Å². The lowest BCUT2D eigenvalue weighted by Gasteiger charge is -2.21. The number of ether oxygens (including phenoxy) is 1. The fraction of sp³-hybridized carbons (Fsp3) is 0.409. The summed E-state index contributed by atoms with van der Waals surface area (Å²) in [6, 6.07) is 14.4. The summed E-state index contributed by atoms with van der Waals surface area (Å²) in [5, 5.41) is 3.03. The van der Waals surface area contributed by atoms with Crippen LogP contribution in [0.15, 0.2) is 42.5 Å². The average Bonchev–Trinajstić information content (AvgIpc) is 2.62. The SMILES string of the molecule is Cc1ccc(C(C)NC(=O)C(C)Oc2ccc3c(c2)CCCC3)cc1. The fourth-order valence-electron chi connectivity index (χ4n) is 3.31. The van der Waals surface area contributed by atoms with E-state index in [0.717, 1.165) is 24.2 Å². The van der Waals surface area contributed by atoms with E-state index in [0.29, 0.717) is 0 Å². The number of aryl methyl sites for hydroxylation is 3. The number of hydrogen-bond acceptors (Lipinski definition) is 2. The van der Waals surface area contributed by atoms with E-state index in [1.54, 1.807) is 6.92 Å². The van der Waals surface area contributed by atoms with E-state index in [9.17, 15) is 4.79 Å². The summed E-state index contributed by atoms with van der Waals surface area (Å²) in [7, 11) is 0. The Labute approximate surface area is 150 Å². The minimum Gasteiger partial charge on any atom is -0.481 e. The van der Waals surface area contributed by atoms with Crippen LogP contribution in [0.3, 0.4) is 0 Å². The molecule has 3 nitrogen and oxygen atoms in total. The second-order valence-corrected chi connectivity index (χ2v) is 7.04. The van der Waals surface area contributed by atoms with Crippen molar-refractivity contribution >= 4 is 5.91 Å². The highest BCUT2D eigenvalue weighted by Gasteiger charge is 2.18. The molecule has 2 aromatic carbocycles. The minimum atomic E-state index is -0.519. The van der Waals surface area contributed by atoms with Gasteiger partial charge in [-0.25, -0.2) is 0 Å². The highest BCUT2D eigenvalue weighted by molar-refractivity contribution is 5.81. The van der Waals surface area contributed by atoms with E-state index < -0.39 is 6.10 Å². The maximum absolute atomic E-state index is 12.5. The summed E-state index contributed by atoms with van der Waals surface area (Å²) >= 11 is 0. The molecule has 0 aromatic heterocycles. The van der Waals surface area contributed by atoms with E-state index in [-0.39, 0.29) is 11.9 Å². The van der Waals surface area contributed by atoms with Crippen molar-refractivity contribution in [2.45, 2.75) is 58.6 Å². The third-order valence-electron chi connectivity index (χ3n) is 4.94. The average molecular weight is 337 g/mol. The molecule has 1 amide bonds. The van der Waals surface area contributed by atoms with Crippen molar-refractivity contribution in [3.8, 4) is 5.75 Å². The van der Waals surface area contributed by atoms with Gasteiger partial charge < -0.3 is 10.1 Å². The molecule has 0 aliphatic heterocycles. The highest BCUT2D eigenvalue weighted by Crippen LogP contribution is 2.26. The Balaban J connectivity index is 1.59. The molecule has 25 heavy (non-hydrogen) atoms. The molecule has 0 radical (unpaired) electrons. The molecule has 3 heteroatoms. The van der Waals surface area contributed by atoms with E-state index in [4.69, 9.17) is 4.74 Å². The van der Waals surface area contributed by atoms with Crippen LogP contribution in [-0.2, 0) is 17.6 Å². The summed E-state index contributed by atoms with van der Waals surface area (Å²) in [6.45, 7) is 5.85. The molecule has 132 valence electrons. The lowest BCUT2D eigenvalue weighted by atomic mass is 9.92. The van der Waals surface area contributed by atoms with Crippen molar-refractivity contribution in [3.05, 3.63) is 64.7 Å². The van der Waals surface area contributed by atoms with Crippen LogP contribution >= 0.6 is 0 Å². The Morgan fingerprint density at radius 3 is 2.40 bits per heavy atom. The van der Waals surface area contributed by atoms with Crippen LogP contribution in [0.2, 0.25) is 0 Å². The van der Waals surface area contributed by atoms with Gasteiger partial charge in [0.25, 0.3) is 5.91 Å². The smallest absolute Gasteiger partial charge is 0.261 e. The van der Waals surface area contributed by atoms with Crippen LogP contribution in [0.4, 0.5) is 0 Å². The first-order valence-electron chi connectivity index (χ1n) is 9.18. The number of fused-ring (bicyclic) bond motifs is 1. The largest absolute Gasteiger partial charge is 0.481 e. The first-order valence-corrected chi connectivity index (χ1v) is 9.18. The molecule has 1 aliphatic rings. The predicted octanol–water partition coefficient (Wildman–Crippen LogP) is 4.52. The molecule has 2 unspecified atom stereocenters. The van der Waals surface area contributed by atoms with Gasteiger partial charge in [-0.2, -0.15) is 0 Å². The van der Waals surface area contributed by atoms with Crippen LogP contribution < -0.4 is 10.1 Å². The van der Waals surface area contributed by atoms with Crippen molar-refractivity contribution in [3.63, 3.8) is 0 Å². The normalized spacial score (nSPS) is 15.8. The number of carbonyl (C=O) groups excluding carboxylic acids is 1.